The van der Waals surface area contributed by atoms with Gasteiger partial charge in [0.15, 0.2) is 0 Å². The van der Waals surface area contributed by atoms with Crippen LogP contribution >= 0.6 is 0 Å². The van der Waals surface area contributed by atoms with Crippen molar-refractivity contribution >= 4 is 17.3 Å². The van der Waals surface area contributed by atoms with Crippen LogP contribution in [0.2, 0.25) is 0 Å². The van der Waals surface area contributed by atoms with Gasteiger partial charge in [-0.05, 0) is 47.9 Å². The Morgan fingerprint density at radius 3 is 2.00 bits per heavy atom. The van der Waals surface area contributed by atoms with E-state index in [0.717, 1.165) is 37.4 Å². The van der Waals surface area contributed by atoms with Gasteiger partial charge in [-0.15, -0.1) is 0 Å². The maximum absolute atomic E-state index is 8.96. The molecule has 0 amide bonds. The van der Waals surface area contributed by atoms with Crippen molar-refractivity contribution in [3.05, 3.63) is 53.6 Å². The molecule has 1 aliphatic rings. The monoisotopic (exact) mass is 379 g/mol. The molecule has 1 heterocycles. The zero-order chi connectivity index (χ0) is 20.3. The highest BCUT2D eigenvalue weighted by Crippen LogP contribution is 2.35. The summed E-state index contributed by atoms with van der Waals surface area (Å²) in [4.78, 5) is 4.26. The number of nitrogens with one attached hydrogen (secondary N) is 1. The van der Waals surface area contributed by atoms with Crippen LogP contribution in [0.3, 0.4) is 0 Å². The molecule has 3 rings (SSSR count). The quantitative estimate of drug-likeness (QED) is 0.704. The van der Waals surface area contributed by atoms with E-state index in [1.54, 1.807) is 7.11 Å². The van der Waals surface area contributed by atoms with Crippen LogP contribution in [0.25, 0.3) is 0 Å². The molecule has 0 aliphatic carbocycles. The Balaban J connectivity index is 2.00. The molecule has 1 aliphatic heterocycles. The predicted molar refractivity (Wildman–Crippen MR) is 119 cm³/mol. The SMILES string of the molecule is COc1ccccc1N1CCN(c2c(CC(C)C)cccc2CC(C)C)C1=N. The summed E-state index contributed by atoms with van der Waals surface area (Å²) in [5.74, 6) is 2.50. The van der Waals surface area contributed by atoms with E-state index in [1.807, 2.05) is 24.3 Å². The normalized spacial score (nSPS) is 14.5. The van der Waals surface area contributed by atoms with Crippen LogP contribution in [0.1, 0.15) is 38.8 Å². The number of ether oxygens (including phenoxy) is 1. The molecule has 150 valence electrons. The van der Waals surface area contributed by atoms with Gasteiger partial charge < -0.3 is 14.5 Å². The molecular formula is C24H33N3O. The second-order valence-corrected chi connectivity index (χ2v) is 8.42. The molecule has 1 fully saturated rings. The molecule has 0 bridgehead atoms. The minimum Gasteiger partial charge on any atom is -0.495 e. The number of nitrogens with zero attached hydrogens (tertiary/aromatic N) is 2. The van der Waals surface area contributed by atoms with Crippen LogP contribution in [-0.2, 0) is 12.8 Å². The van der Waals surface area contributed by atoms with E-state index in [2.05, 4.69) is 55.7 Å². The van der Waals surface area contributed by atoms with Crippen molar-refractivity contribution in [3.63, 3.8) is 0 Å². The molecule has 0 radical (unpaired) electrons. The number of anilines is 2. The van der Waals surface area contributed by atoms with E-state index in [1.165, 1.54) is 16.8 Å². The van der Waals surface area contributed by atoms with Crippen LogP contribution < -0.4 is 14.5 Å². The van der Waals surface area contributed by atoms with Crippen LogP contribution in [-0.4, -0.2) is 26.2 Å². The maximum Gasteiger partial charge on any atom is 0.203 e. The van der Waals surface area contributed by atoms with E-state index in [4.69, 9.17) is 10.1 Å². The Labute approximate surface area is 169 Å². The number of methoxy groups -OCH3 is 1. The molecule has 2 aromatic rings. The lowest BCUT2D eigenvalue weighted by Gasteiger charge is -2.28. The third kappa shape index (κ3) is 4.16. The summed E-state index contributed by atoms with van der Waals surface area (Å²) in [5, 5.41) is 8.96. The lowest BCUT2D eigenvalue weighted by Crippen LogP contribution is -2.34. The van der Waals surface area contributed by atoms with Gasteiger partial charge in [-0.2, -0.15) is 0 Å². The van der Waals surface area contributed by atoms with Gasteiger partial charge in [0.1, 0.15) is 5.75 Å². The fraction of sp³-hybridized carbons (Fsp3) is 0.458. The highest BCUT2D eigenvalue weighted by Gasteiger charge is 2.31. The van der Waals surface area contributed by atoms with Crippen molar-refractivity contribution in [3.8, 4) is 5.75 Å². The van der Waals surface area contributed by atoms with E-state index in [-0.39, 0.29) is 0 Å². The molecule has 0 saturated carbocycles. The van der Waals surface area contributed by atoms with Crippen molar-refractivity contribution in [2.24, 2.45) is 11.8 Å². The Morgan fingerprint density at radius 1 is 0.857 bits per heavy atom. The minimum absolute atomic E-state index is 0.533. The molecule has 1 N–H and O–H groups in total. The summed E-state index contributed by atoms with van der Waals surface area (Å²) in [6.45, 7) is 10.6. The standard InChI is InChI=1S/C24H33N3O/c1-17(2)15-19-9-8-10-20(16-18(3)4)23(19)27-14-13-26(24(27)25)21-11-6-7-12-22(21)28-5/h6-12,17-18,25H,13-16H2,1-5H3. The first-order chi connectivity index (χ1) is 13.4. The van der Waals surface area contributed by atoms with Crippen molar-refractivity contribution in [1.29, 1.82) is 5.41 Å². The van der Waals surface area contributed by atoms with E-state index >= 15 is 0 Å². The van der Waals surface area contributed by atoms with E-state index in [9.17, 15) is 0 Å². The van der Waals surface area contributed by atoms with Crippen LogP contribution in [0, 0.1) is 17.2 Å². The number of rotatable bonds is 7. The predicted octanol–water partition coefficient (Wildman–Crippen LogP) is 5.35. The van der Waals surface area contributed by atoms with Gasteiger partial charge in [-0.3, -0.25) is 5.41 Å². The molecule has 1 saturated heterocycles. The van der Waals surface area contributed by atoms with Crippen molar-refractivity contribution in [2.75, 3.05) is 30.0 Å². The van der Waals surface area contributed by atoms with Gasteiger partial charge in [-0.25, -0.2) is 0 Å². The van der Waals surface area contributed by atoms with E-state index in [0.29, 0.717) is 17.8 Å². The largest absolute Gasteiger partial charge is 0.495 e. The van der Waals surface area contributed by atoms with Gasteiger partial charge in [0.05, 0.1) is 18.5 Å². The van der Waals surface area contributed by atoms with Crippen LogP contribution in [0.5, 0.6) is 5.75 Å². The summed E-state index contributed by atoms with van der Waals surface area (Å²) in [6, 6.07) is 14.6. The second-order valence-electron chi connectivity index (χ2n) is 8.42. The maximum atomic E-state index is 8.96. The van der Waals surface area contributed by atoms with Gasteiger partial charge in [-0.1, -0.05) is 58.0 Å². The zero-order valence-corrected chi connectivity index (χ0v) is 17.8. The molecule has 0 atom stereocenters. The number of benzene rings is 2. The first-order valence-electron chi connectivity index (χ1n) is 10.3. The smallest absolute Gasteiger partial charge is 0.203 e. The van der Waals surface area contributed by atoms with Crippen LogP contribution in [0.4, 0.5) is 11.4 Å². The second kappa shape index (κ2) is 8.68. The summed E-state index contributed by atoms with van der Waals surface area (Å²) in [5.41, 5.74) is 4.90. The Kier molecular flexibility index (Phi) is 6.28. The van der Waals surface area contributed by atoms with Gasteiger partial charge in [0, 0.05) is 13.1 Å². The zero-order valence-electron chi connectivity index (χ0n) is 17.8. The number of hydrogen-bond donors (Lipinski definition) is 1. The fourth-order valence-electron chi connectivity index (χ4n) is 4.06. The first-order valence-corrected chi connectivity index (χ1v) is 10.3. The number of para-hydroxylation sites is 3. The summed E-state index contributed by atoms with van der Waals surface area (Å²) in [6.07, 6.45) is 2.05. The molecular weight excluding hydrogens is 346 g/mol. The molecule has 0 spiro atoms. The summed E-state index contributed by atoms with van der Waals surface area (Å²) in [7, 11) is 1.69. The number of hydrogen-bond acceptors (Lipinski definition) is 2. The molecule has 2 aromatic carbocycles. The molecule has 0 unspecified atom stereocenters. The summed E-state index contributed by atoms with van der Waals surface area (Å²) < 4.78 is 5.54. The Morgan fingerprint density at radius 2 is 1.43 bits per heavy atom. The van der Waals surface area contributed by atoms with Gasteiger partial charge in [0.25, 0.3) is 0 Å². The molecule has 4 heteroatoms. The topological polar surface area (TPSA) is 39.6 Å². The van der Waals surface area contributed by atoms with Gasteiger partial charge in [0.2, 0.25) is 5.96 Å². The minimum atomic E-state index is 0.533. The fourth-order valence-corrected chi connectivity index (χ4v) is 4.06. The molecule has 4 nitrogen and oxygen atoms in total. The summed E-state index contributed by atoms with van der Waals surface area (Å²) >= 11 is 0. The van der Waals surface area contributed by atoms with Crippen LogP contribution in [0.15, 0.2) is 42.5 Å². The Bertz CT molecular complexity index is 800. The average Bonchev–Trinajstić information content (AvgIpc) is 3.02. The average molecular weight is 380 g/mol. The van der Waals surface area contributed by atoms with Crippen molar-refractivity contribution in [1.82, 2.24) is 0 Å². The third-order valence-electron chi connectivity index (χ3n) is 5.16. The first kappa shape index (κ1) is 20.2. The molecule has 0 aromatic heterocycles. The highest BCUT2D eigenvalue weighted by atomic mass is 16.5. The van der Waals surface area contributed by atoms with E-state index < -0.39 is 0 Å². The number of guanidine groups is 1. The lowest BCUT2D eigenvalue weighted by molar-refractivity contribution is 0.415. The van der Waals surface area contributed by atoms with Crippen molar-refractivity contribution < 1.29 is 4.74 Å². The van der Waals surface area contributed by atoms with Gasteiger partial charge >= 0.3 is 0 Å². The van der Waals surface area contributed by atoms with Crippen molar-refractivity contribution in [2.45, 2.75) is 40.5 Å². The lowest BCUT2D eigenvalue weighted by atomic mass is 9.93. The highest BCUT2D eigenvalue weighted by molar-refractivity contribution is 6.09. The molecule has 28 heavy (non-hydrogen) atoms. The third-order valence-corrected chi connectivity index (χ3v) is 5.16. The Hall–Kier alpha value is -2.49.